The number of anilines is 1. The van der Waals surface area contributed by atoms with Crippen molar-refractivity contribution in [2.45, 2.75) is 45.2 Å². The Morgan fingerprint density at radius 3 is 3.00 bits per heavy atom. The molecule has 0 bridgehead atoms. The van der Waals surface area contributed by atoms with Gasteiger partial charge in [-0.1, -0.05) is 6.92 Å². The molecule has 2 atom stereocenters. The summed E-state index contributed by atoms with van der Waals surface area (Å²) in [4.78, 5) is 0. The van der Waals surface area contributed by atoms with Gasteiger partial charge in [0.2, 0.25) is 0 Å². The molecule has 0 aliphatic heterocycles. The fourth-order valence-electron chi connectivity index (χ4n) is 2.25. The smallest absolute Gasteiger partial charge is 0.257 e. The average Bonchev–Trinajstić information content (AvgIpc) is 2.76. The van der Waals surface area contributed by atoms with Gasteiger partial charge < -0.3 is 5.32 Å². The molecule has 1 aliphatic carbocycles. The van der Waals surface area contributed by atoms with Crippen LogP contribution in [0, 0.1) is 5.92 Å². The number of nitrogens with one attached hydrogen (secondary N) is 1. The van der Waals surface area contributed by atoms with Crippen molar-refractivity contribution in [3.63, 3.8) is 0 Å². The normalized spacial score (nSPS) is 25.2. The van der Waals surface area contributed by atoms with Crippen molar-refractivity contribution in [2.24, 2.45) is 5.92 Å². The summed E-state index contributed by atoms with van der Waals surface area (Å²) in [5, 5.41) is 7.23. The SMILES string of the molecule is CC1CCC(Nc2cnn(CC(F)F)c2)C1. The van der Waals surface area contributed by atoms with E-state index in [0.29, 0.717) is 6.04 Å². The molecule has 0 saturated heterocycles. The first-order chi connectivity index (χ1) is 7.63. The minimum Gasteiger partial charge on any atom is -0.380 e. The number of halogens is 2. The lowest BCUT2D eigenvalue weighted by atomic mass is 10.1. The van der Waals surface area contributed by atoms with E-state index >= 15 is 0 Å². The molecule has 1 aromatic heterocycles. The molecular formula is C11H17F2N3. The van der Waals surface area contributed by atoms with Crippen molar-refractivity contribution in [2.75, 3.05) is 5.32 Å². The fraction of sp³-hybridized carbons (Fsp3) is 0.727. The van der Waals surface area contributed by atoms with Gasteiger partial charge in [0.15, 0.2) is 0 Å². The van der Waals surface area contributed by atoms with Crippen LogP contribution in [0.2, 0.25) is 0 Å². The van der Waals surface area contributed by atoms with Crippen LogP contribution < -0.4 is 5.32 Å². The highest BCUT2D eigenvalue weighted by Gasteiger charge is 2.21. The second-order valence-corrected chi connectivity index (χ2v) is 4.60. The van der Waals surface area contributed by atoms with E-state index in [1.54, 1.807) is 12.4 Å². The van der Waals surface area contributed by atoms with Crippen LogP contribution in [-0.2, 0) is 6.54 Å². The first kappa shape index (κ1) is 11.4. The molecule has 1 fully saturated rings. The summed E-state index contributed by atoms with van der Waals surface area (Å²) in [6.07, 6.45) is 4.46. The monoisotopic (exact) mass is 229 g/mol. The second-order valence-electron chi connectivity index (χ2n) is 4.60. The standard InChI is InChI=1S/C11H17F2N3/c1-8-2-3-9(4-8)15-10-5-14-16(6-10)7-11(12)13/h5-6,8-9,11,15H,2-4,7H2,1H3. The second kappa shape index (κ2) is 4.80. The third-order valence-corrected chi connectivity index (χ3v) is 3.02. The van der Waals surface area contributed by atoms with Crippen LogP contribution in [0.4, 0.5) is 14.5 Å². The number of aromatic nitrogens is 2. The van der Waals surface area contributed by atoms with E-state index in [2.05, 4.69) is 17.3 Å². The van der Waals surface area contributed by atoms with E-state index in [9.17, 15) is 8.78 Å². The molecule has 1 aliphatic rings. The molecule has 0 spiro atoms. The minimum absolute atomic E-state index is 0.331. The molecule has 0 aromatic carbocycles. The van der Waals surface area contributed by atoms with Gasteiger partial charge in [-0.05, 0) is 25.2 Å². The molecular weight excluding hydrogens is 212 g/mol. The van der Waals surface area contributed by atoms with Gasteiger partial charge in [-0.3, -0.25) is 4.68 Å². The zero-order chi connectivity index (χ0) is 11.5. The maximum atomic E-state index is 12.1. The highest BCUT2D eigenvalue weighted by Crippen LogP contribution is 2.27. The van der Waals surface area contributed by atoms with Crippen molar-refractivity contribution in [3.05, 3.63) is 12.4 Å². The summed E-state index contributed by atoms with van der Waals surface area (Å²) in [5.74, 6) is 0.758. The summed E-state index contributed by atoms with van der Waals surface area (Å²) in [5.41, 5.74) is 0.847. The summed E-state index contributed by atoms with van der Waals surface area (Å²) < 4.78 is 25.5. The van der Waals surface area contributed by atoms with E-state index in [1.807, 2.05) is 0 Å². The Hall–Kier alpha value is -1.13. The van der Waals surface area contributed by atoms with Gasteiger partial charge >= 0.3 is 0 Å². The molecule has 90 valence electrons. The number of nitrogens with zero attached hydrogens (tertiary/aromatic N) is 2. The largest absolute Gasteiger partial charge is 0.380 e. The quantitative estimate of drug-likeness (QED) is 0.860. The van der Waals surface area contributed by atoms with Crippen LogP contribution in [-0.4, -0.2) is 22.2 Å². The molecule has 2 unspecified atom stereocenters. The molecule has 1 saturated carbocycles. The number of hydrogen-bond donors (Lipinski definition) is 1. The van der Waals surface area contributed by atoms with E-state index in [-0.39, 0.29) is 6.54 Å². The molecule has 5 heteroatoms. The van der Waals surface area contributed by atoms with Gasteiger partial charge in [-0.25, -0.2) is 8.78 Å². The zero-order valence-electron chi connectivity index (χ0n) is 9.37. The Labute approximate surface area is 93.8 Å². The molecule has 0 radical (unpaired) electrons. The Bertz CT molecular complexity index is 338. The van der Waals surface area contributed by atoms with Gasteiger partial charge in [0.05, 0.1) is 11.9 Å². The molecule has 1 aromatic rings. The van der Waals surface area contributed by atoms with E-state index < -0.39 is 6.43 Å². The van der Waals surface area contributed by atoms with Gasteiger partial charge in [0.1, 0.15) is 6.54 Å². The lowest BCUT2D eigenvalue weighted by Gasteiger charge is -2.11. The molecule has 1 N–H and O–H groups in total. The zero-order valence-corrected chi connectivity index (χ0v) is 9.37. The first-order valence-electron chi connectivity index (χ1n) is 5.70. The van der Waals surface area contributed by atoms with Crippen LogP contribution in [0.3, 0.4) is 0 Å². The summed E-state index contributed by atoms with van der Waals surface area (Å²) in [7, 11) is 0. The van der Waals surface area contributed by atoms with Gasteiger partial charge in [-0.15, -0.1) is 0 Å². The lowest BCUT2D eigenvalue weighted by Crippen LogP contribution is -2.14. The molecule has 1 heterocycles. The van der Waals surface area contributed by atoms with Crippen LogP contribution in [0.15, 0.2) is 12.4 Å². The third-order valence-electron chi connectivity index (χ3n) is 3.02. The highest BCUT2D eigenvalue weighted by atomic mass is 19.3. The summed E-state index contributed by atoms with van der Waals surface area (Å²) in [6, 6.07) is 0.471. The van der Waals surface area contributed by atoms with E-state index in [1.165, 1.54) is 11.1 Å². The van der Waals surface area contributed by atoms with Crippen molar-refractivity contribution >= 4 is 5.69 Å². The summed E-state index contributed by atoms with van der Waals surface area (Å²) >= 11 is 0. The van der Waals surface area contributed by atoms with Crippen molar-refractivity contribution < 1.29 is 8.78 Å². The van der Waals surface area contributed by atoms with Crippen LogP contribution in [0.5, 0.6) is 0 Å². The molecule has 2 rings (SSSR count). The number of hydrogen-bond acceptors (Lipinski definition) is 2. The van der Waals surface area contributed by atoms with Crippen molar-refractivity contribution in [3.8, 4) is 0 Å². The minimum atomic E-state index is -2.35. The predicted molar refractivity (Wildman–Crippen MR) is 58.7 cm³/mol. The van der Waals surface area contributed by atoms with E-state index in [0.717, 1.165) is 24.4 Å². The fourth-order valence-corrected chi connectivity index (χ4v) is 2.25. The van der Waals surface area contributed by atoms with Crippen molar-refractivity contribution in [1.82, 2.24) is 9.78 Å². The summed E-state index contributed by atoms with van der Waals surface area (Å²) in [6.45, 7) is 1.91. The number of rotatable bonds is 4. The van der Waals surface area contributed by atoms with Crippen LogP contribution in [0.25, 0.3) is 0 Å². The van der Waals surface area contributed by atoms with Crippen LogP contribution in [0.1, 0.15) is 26.2 Å². The Kier molecular flexibility index (Phi) is 3.41. The Morgan fingerprint density at radius 1 is 1.56 bits per heavy atom. The Balaban J connectivity index is 1.87. The number of alkyl halides is 2. The highest BCUT2D eigenvalue weighted by molar-refractivity contribution is 5.39. The first-order valence-corrected chi connectivity index (χ1v) is 5.70. The third kappa shape index (κ3) is 2.93. The predicted octanol–water partition coefficient (Wildman–Crippen LogP) is 2.75. The molecule has 0 amide bonds. The maximum absolute atomic E-state index is 12.1. The van der Waals surface area contributed by atoms with Gasteiger partial charge in [0, 0.05) is 12.2 Å². The van der Waals surface area contributed by atoms with Crippen LogP contribution >= 0.6 is 0 Å². The van der Waals surface area contributed by atoms with E-state index in [4.69, 9.17) is 0 Å². The molecule has 3 nitrogen and oxygen atoms in total. The Morgan fingerprint density at radius 2 is 2.38 bits per heavy atom. The van der Waals surface area contributed by atoms with Gasteiger partial charge in [-0.2, -0.15) is 5.10 Å². The molecule has 16 heavy (non-hydrogen) atoms. The topological polar surface area (TPSA) is 29.9 Å². The lowest BCUT2D eigenvalue weighted by molar-refractivity contribution is 0.122. The van der Waals surface area contributed by atoms with Gasteiger partial charge in [0.25, 0.3) is 6.43 Å². The van der Waals surface area contributed by atoms with Crippen molar-refractivity contribution in [1.29, 1.82) is 0 Å². The maximum Gasteiger partial charge on any atom is 0.257 e. The average molecular weight is 229 g/mol.